The highest BCUT2D eigenvalue weighted by atomic mass is 16.3. The van der Waals surface area contributed by atoms with E-state index in [1.165, 1.54) is 17.1 Å². The van der Waals surface area contributed by atoms with Crippen LogP contribution in [0, 0.1) is 5.92 Å². The number of nitrogens with zero attached hydrogens (tertiary/aromatic N) is 2. The van der Waals surface area contributed by atoms with Crippen LogP contribution in [0.25, 0.3) is 0 Å². The van der Waals surface area contributed by atoms with Crippen LogP contribution in [-0.4, -0.2) is 41.5 Å². The molecule has 1 fully saturated rings. The number of phenols is 1. The number of anilines is 1. The Morgan fingerprint density at radius 2 is 1.77 bits per heavy atom. The van der Waals surface area contributed by atoms with Crippen molar-refractivity contribution < 1.29 is 14.7 Å². The van der Waals surface area contributed by atoms with E-state index >= 15 is 0 Å². The highest BCUT2D eigenvalue weighted by Crippen LogP contribution is 2.27. The fourth-order valence-corrected chi connectivity index (χ4v) is 3.13. The predicted molar refractivity (Wildman–Crippen MR) is 83.5 cm³/mol. The summed E-state index contributed by atoms with van der Waals surface area (Å²) in [7, 11) is 0. The zero-order valence-electron chi connectivity index (χ0n) is 12.4. The average molecular weight is 300 g/mol. The van der Waals surface area contributed by atoms with Gasteiger partial charge in [0.15, 0.2) is 0 Å². The van der Waals surface area contributed by atoms with Crippen LogP contribution in [0.3, 0.4) is 0 Å². The molecule has 3 rings (SSSR count). The van der Waals surface area contributed by atoms with Crippen LogP contribution in [-0.2, 0) is 9.59 Å². The lowest BCUT2D eigenvalue weighted by Gasteiger charge is -2.34. The Hall–Kier alpha value is -2.30. The standard InChI is InChI=1S/C17H20N2O3/c20-15-3-1-2-14(12-15)18-9-6-13(7-10-18)8-11-19-16(21)4-5-17(19)22/h1-5,12-13,20H,6-11H2. The molecule has 0 aliphatic carbocycles. The summed E-state index contributed by atoms with van der Waals surface area (Å²) in [5, 5.41) is 9.55. The summed E-state index contributed by atoms with van der Waals surface area (Å²) in [4.78, 5) is 26.6. The third kappa shape index (κ3) is 3.13. The molecule has 2 heterocycles. The van der Waals surface area contributed by atoms with E-state index in [4.69, 9.17) is 0 Å². The maximum Gasteiger partial charge on any atom is 0.253 e. The Balaban J connectivity index is 1.48. The smallest absolute Gasteiger partial charge is 0.253 e. The lowest BCUT2D eigenvalue weighted by Crippen LogP contribution is -2.36. The SMILES string of the molecule is O=C1C=CC(=O)N1CCC1CCN(c2cccc(O)c2)CC1. The van der Waals surface area contributed by atoms with E-state index in [2.05, 4.69) is 4.90 Å². The van der Waals surface area contributed by atoms with Gasteiger partial charge in [-0.15, -0.1) is 0 Å². The summed E-state index contributed by atoms with van der Waals surface area (Å²) in [5.41, 5.74) is 1.05. The third-order valence-electron chi connectivity index (χ3n) is 4.47. The van der Waals surface area contributed by atoms with E-state index < -0.39 is 0 Å². The molecule has 1 aromatic rings. The van der Waals surface area contributed by atoms with Gasteiger partial charge < -0.3 is 10.0 Å². The number of carbonyl (C=O) groups is 2. The van der Waals surface area contributed by atoms with Crippen molar-refractivity contribution in [3.05, 3.63) is 36.4 Å². The number of piperidine rings is 1. The number of hydrogen-bond acceptors (Lipinski definition) is 4. The van der Waals surface area contributed by atoms with Crippen molar-refractivity contribution in [2.24, 2.45) is 5.92 Å². The summed E-state index contributed by atoms with van der Waals surface area (Å²) >= 11 is 0. The van der Waals surface area contributed by atoms with E-state index in [0.29, 0.717) is 12.5 Å². The average Bonchev–Trinajstić information content (AvgIpc) is 2.84. The van der Waals surface area contributed by atoms with E-state index in [-0.39, 0.29) is 17.6 Å². The Labute approximate surface area is 129 Å². The fraction of sp³-hybridized carbons (Fsp3) is 0.412. The minimum absolute atomic E-state index is 0.192. The van der Waals surface area contributed by atoms with Crippen LogP contribution in [0.2, 0.25) is 0 Å². The van der Waals surface area contributed by atoms with Crippen molar-refractivity contribution in [3.8, 4) is 5.75 Å². The van der Waals surface area contributed by atoms with Gasteiger partial charge in [0.05, 0.1) is 0 Å². The van der Waals surface area contributed by atoms with Crippen LogP contribution >= 0.6 is 0 Å². The molecule has 1 aromatic carbocycles. The topological polar surface area (TPSA) is 60.9 Å². The van der Waals surface area contributed by atoms with Gasteiger partial charge in [-0.2, -0.15) is 0 Å². The molecule has 1 N–H and O–H groups in total. The molecule has 0 saturated carbocycles. The maximum absolute atomic E-state index is 11.5. The molecule has 116 valence electrons. The molecular formula is C17H20N2O3. The first-order valence-electron chi connectivity index (χ1n) is 7.71. The molecule has 22 heavy (non-hydrogen) atoms. The van der Waals surface area contributed by atoms with Gasteiger partial charge in [0.1, 0.15) is 5.75 Å². The van der Waals surface area contributed by atoms with Gasteiger partial charge in [0.2, 0.25) is 0 Å². The molecule has 2 aliphatic rings. The number of amides is 2. The maximum atomic E-state index is 11.5. The van der Waals surface area contributed by atoms with E-state index in [1.807, 2.05) is 12.1 Å². The van der Waals surface area contributed by atoms with Crippen LogP contribution < -0.4 is 4.90 Å². The molecule has 1 saturated heterocycles. The molecule has 2 aliphatic heterocycles. The number of imide groups is 1. The van der Waals surface area contributed by atoms with Gasteiger partial charge in [0.25, 0.3) is 11.8 Å². The van der Waals surface area contributed by atoms with Gasteiger partial charge in [-0.3, -0.25) is 14.5 Å². The largest absolute Gasteiger partial charge is 0.508 e. The highest BCUT2D eigenvalue weighted by molar-refractivity contribution is 6.12. The molecule has 0 spiro atoms. The van der Waals surface area contributed by atoms with E-state index in [9.17, 15) is 14.7 Å². The van der Waals surface area contributed by atoms with Crippen LogP contribution in [0.5, 0.6) is 5.75 Å². The minimum Gasteiger partial charge on any atom is -0.508 e. The normalized spacial score (nSPS) is 19.3. The molecule has 0 radical (unpaired) electrons. The van der Waals surface area contributed by atoms with Crippen molar-refractivity contribution in [3.63, 3.8) is 0 Å². The second kappa shape index (κ2) is 6.22. The molecule has 5 nitrogen and oxygen atoms in total. The second-order valence-corrected chi connectivity index (χ2v) is 5.90. The van der Waals surface area contributed by atoms with Crippen LogP contribution in [0.15, 0.2) is 36.4 Å². The van der Waals surface area contributed by atoms with Gasteiger partial charge in [-0.25, -0.2) is 0 Å². The Morgan fingerprint density at radius 1 is 1.09 bits per heavy atom. The number of phenolic OH excluding ortho intramolecular Hbond substituents is 1. The summed E-state index contributed by atoms with van der Waals surface area (Å²) in [5.74, 6) is 0.442. The Morgan fingerprint density at radius 3 is 2.41 bits per heavy atom. The van der Waals surface area contributed by atoms with Gasteiger partial charge in [-0.1, -0.05) is 6.07 Å². The lowest BCUT2D eigenvalue weighted by molar-refractivity contribution is -0.136. The van der Waals surface area contributed by atoms with Crippen LogP contribution in [0.4, 0.5) is 5.69 Å². The van der Waals surface area contributed by atoms with Crippen LogP contribution in [0.1, 0.15) is 19.3 Å². The van der Waals surface area contributed by atoms with Crippen molar-refractivity contribution in [2.45, 2.75) is 19.3 Å². The van der Waals surface area contributed by atoms with E-state index in [0.717, 1.165) is 38.0 Å². The number of hydrogen-bond donors (Lipinski definition) is 1. The summed E-state index contributed by atoms with van der Waals surface area (Å²) in [6, 6.07) is 7.32. The molecular weight excluding hydrogens is 280 g/mol. The minimum atomic E-state index is -0.192. The van der Waals surface area contributed by atoms with Crippen molar-refractivity contribution in [1.29, 1.82) is 0 Å². The number of rotatable bonds is 4. The molecule has 0 unspecified atom stereocenters. The van der Waals surface area contributed by atoms with Crippen molar-refractivity contribution >= 4 is 17.5 Å². The molecule has 2 amide bonds. The summed E-state index contributed by atoms with van der Waals surface area (Å²) < 4.78 is 0. The Bertz CT molecular complexity index is 586. The predicted octanol–water partition coefficient (Wildman–Crippen LogP) is 1.92. The monoisotopic (exact) mass is 300 g/mol. The summed E-state index contributed by atoms with van der Waals surface area (Å²) in [6.45, 7) is 2.39. The third-order valence-corrected chi connectivity index (χ3v) is 4.47. The number of benzene rings is 1. The Kier molecular flexibility index (Phi) is 4.13. The van der Waals surface area contributed by atoms with Gasteiger partial charge in [-0.05, 0) is 37.3 Å². The van der Waals surface area contributed by atoms with Gasteiger partial charge >= 0.3 is 0 Å². The lowest BCUT2D eigenvalue weighted by atomic mass is 9.93. The molecule has 0 atom stereocenters. The number of aromatic hydroxyl groups is 1. The van der Waals surface area contributed by atoms with E-state index in [1.54, 1.807) is 12.1 Å². The fourth-order valence-electron chi connectivity index (χ4n) is 3.13. The first kappa shape index (κ1) is 14.6. The highest BCUT2D eigenvalue weighted by Gasteiger charge is 2.25. The quantitative estimate of drug-likeness (QED) is 0.863. The second-order valence-electron chi connectivity index (χ2n) is 5.90. The van der Waals surface area contributed by atoms with Crippen molar-refractivity contribution in [1.82, 2.24) is 4.90 Å². The first-order chi connectivity index (χ1) is 10.6. The first-order valence-corrected chi connectivity index (χ1v) is 7.71. The zero-order chi connectivity index (χ0) is 15.5. The van der Waals surface area contributed by atoms with Gasteiger partial charge in [0, 0.05) is 43.5 Å². The summed E-state index contributed by atoms with van der Waals surface area (Å²) in [6.07, 6.45) is 5.63. The molecule has 0 aromatic heterocycles. The molecule has 0 bridgehead atoms. The number of carbonyl (C=O) groups excluding carboxylic acids is 2. The van der Waals surface area contributed by atoms with Crippen molar-refractivity contribution in [2.75, 3.05) is 24.5 Å². The molecule has 5 heteroatoms. The zero-order valence-corrected chi connectivity index (χ0v) is 12.4.